The molecule has 0 saturated carbocycles. The first-order chi connectivity index (χ1) is 12.9. The van der Waals surface area contributed by atoms with E-state index in [1.165, 1.54) is 16.8 Å². The lowest BCUT2D eigenvalue weighted by Gasteiger charge is -2.30. The van der Waals surface area contributed by atoms with Crippen molar-refractivity contribution in [3.8, 4) is 5.75 Å². The van der Waals surface area contributed by atoms with Crippen molar-refractivity contribution in [1.29, 1.82) is 0 Å². The lowest BCUT2D eigenvalue weighted by Crippen LogP contribution is -2.43. The Labute approximate surface area is 159 Å². The SMILES string of the molecule is CCOc1ccc(NC(=O)[C@@H]2CCCN(S(=O)(=O)c3cn(C)cn3)C2)cc1. The lowest BCUT2D eigenvalue weighted by molar-refractivity contribution is -0.120. The van der Waals surface area contributed by atoms with Gasteiger partial charge in [-0.1, -0.05) is 0 Å². The second kappa shape index (κ2) is 8.10. The summed E-state index contributed by atoms with van der Waals surface area (Å²) in [4.78, 5) is 16.6. The number of aryl methyl sites for hydroxylation is 1. The van der Waals surface area contributed by atoms with E-state index in [4.69, 9.17) is 4.74 Å². The Bertz CT molecular complexity index is 892. The summed E-state index contributed by atoms with van der Waals surface area (Å²) in [7, 11) is -1.97. The monoisotopic (exact) mass is 392 g/mol. The van der Waals surface area contributed by atoms with E-state index < -0.39 is 15.9 Å². The molecule has 0 unspecified atom stereocenters. The van der Waals surface area contributed by atoms with Crippen LogP contribution in [0.3, 0.4) is 0 Å². The third-order valence-electron chi connectivity index (χ3n) is 4.47. The van der Waals surface area contributed by atoms with Crippen molar-refractivity contribution < 1.29 is 17.9 Å². The highest BCUT2D eigenvalue weighted by atomic mass is 32.2. The number of anilines is 1. The largest absolute Gasteiger partial charge is 0.494 e. The standard InChI is InChI=1S/C18H24N4O4S/c1-3-26-16-8-6-15(7-9-16)20-18(23)14-5-4-10-22(11-14)27(24,25)17-12-21(2)13-19-17/h6-9,12-14H,3-5,10-11H2,1-2H3,(H,20,23)/t14-/m1/s1. The maximum absolute atomic E-state index is 12.7. The van der Waals surface area contributed by atoms with Gasteiger partial charge in [0.1, 0.15) is 5.75 Å². The van der Waals surface area contributed by atoms with Gasteiger partial charge in [-0.05, 0) is 44.0 Å². The Hall–Kier alpha value is -2.39. The molecule has 0 radical (unpaired) electrons. The van der Waals surface area contributed by atoms with Crippen LogP contribution in [0.5, 0.6) is 5.75 Å². The van der Waals surface area contributed by atoms with Crippen molar-refractivity contribution in [2.75, 3.05) is 25.0 Å². The molecule has 2 heterocycles. The van der Waals surface area contributed by atoms with E-state index in [1.807, 2.05) is 6.92 Å². The van der Waals surface area contributed by atoms with E-state index in [2.05, 4.69) is 10.3 Å². The summed E-state index contributed by atoms with van der Waals surface area (Å²) in [6.07, 6.45) is 4.20. The summed E-state index contributed by atoms with van der Waals surface area (Å²) in [5.74, 6) is 0.157. The number of nitrogens with one attached hydrogen (secondary N) is 1. The molecule has 8 nitrogen and oxygen atoms in total. The van der Waals surface area contributed by atoms with Gasteiger partial charge < -0.3 is 14.6 Å². The number of amides is 1. The molecular weight excluding hydrogens is 368 g/mol. The van der Waals surface area contributed by atoms with E-state index in [-0.39, 0.29) is 17.5 Å². The van der Waals surface area contributed by atoms with Crippen molar-refractivity contribution in [1.82, 2.24) is 13.9 Å². The van der Waals surface area contributed by atoms with Gasteiger partial charge in [-0.15, -0.1) is 0 Å². The first-order valence-corrected chi connectivity index (χ1v) is 10.4. The Balaban J connectivity index is 1.65. The van der Waals surface area contributed by atoms with E-state index in [1.54, 1.807) is 35.9 Å². The summed E-state index contributed by atoms with van der Waals surface area (Å²) in [5, 5.41) is 2.87. The molecule has 0 bridgehead atoms. The molecule has 2 aromatic rings. The van der Waals surface area contributed by atoms with Gasteiger partial charge >= 0.3 is 0 Å². The molecule has 1 aromatic carbocycles. The summed E-state index contributed by atoms with van der Waals surface area (Å²) >= 11 is 0. The predicted octanol–water partition coefficient (Wildman–Crippen LogP) is 1.86. The zero-order valence-corrected chi connectivity index (χ0v) is 16.3. The van der Waals surface area contributed by atoms with Crippen LogP contribution in [0.1, 0.15) is 19.8 Å². The van der Waals surface area contributed by atoms with Crippen LogP contribution in [0.25, 0.3) is 0 Å². The summed E-state index contributed by atoms with van der Waals surface area (Å²) < 4.78 is 33.8. The van der Waals surface area contributed by atoms with Crippen LogP contribution in [-0.4, -0.2) is 47.9 Å². The molecule has 9 heteroatoms. The zero-order valence-electron chi connectivity index (χ0n) is 15.5. The molecule has 1 aromatic heterocycles. The Morgan fingerprint density at radius 3 is 2.70 bits per heavy atom. The van der Waals surface area contributed by atoms with Gasteiger partial charge in [0.05, 0.1) is 18.9 Å². The third kappa shape index (κ3) is 4.48. The lowest BCUT2D eigenvalue weighted by atomic mass is 9.99. The minimum atomic E-state index is -3.69. The van der Waals surface area contributed by atoms with Crippen molar-refractivity contribution in [3.63, 3.8) is 0 Å². The zero-order chi connectivity index (χ0) is 19.4. The quantitative estimate of drug-likeness (QED) is 0.810. The molecule has 3 rings (SSSR count). The first kappa shape index (κ1) is 19.4. The topological polar surface area (TPSA) is 93.5 Å². The number of benzene rings is 1. The van der Waals surface area contributed by atoms with Gasteiger partial charge in [0, 0.05) is 32.0 Å². The fourth-order valence-corrected chi connectivity index (χ4v) is 4.56. The van der Waals surface area contributed by atoms with Crippen LogP contribution in [0.2, 0.25) is 0 Å². The maximum Gasteiger partial charge on any atom is 0.262 e. The molecule has 1 atom stereocenters. The number of hydrogen-bond donors (Lipinski definition) is 1. The van der Waals surface area contributed by atoms with E-state index in [9.17, 15) is 13.2 Å². The molecule has 1 aliphatic rings. The number of carbonyl (C=O) groups excluding carboxylic acids is 1. The number of ether oxygens (including phenoxy) is 1. The smallest absolute Gasteiger partial charge is 0.262 e. The number of piperidine rings is 1. The first-order valence-electron chi connectivity index (χ1n) is 8.92. The number of carbonyl (C=O) groups is 1. The molecule has 1 amide bonds. The Morgan fingerprint density at radius 1 is 1.33 bits per heavy atom. The molecular formula is C18H24N4O4S. The molecule has 0 aliphatic carbocycles. The van der Waals surface area contributed by atoms with Crippen molar-refractivity contribution in [2.24, 2.45) is 13.0 Å². The Morgan fingerprint density at radius 2 is 2.07 bits per heavy atom. The highest BCUT2D eigenvalue weighted by Crippen LogP contribution is 2.24. The van der Waals surface area contributed by atoms with Crippen LogP contribution in [0.15, 0.2) is 41.8 Å². The molecule has 146 valence electrons. The van der Waals surface area contributed by atoms with Crippen LogP contribution in [-0.2, 0) is 21.9 Å². The third-order valence-corrected chi connectivity index (χ3v) is 6.22. The number of rotatable bonds is 6. The number of imidazole rings is 1. The van der Waals surface area contributed by atoms with Crippen LogP contribution in [0.4, 0.5) is 5.69 Å². The highest BCUT2D eigenvalue weighted by molar-refractivity contribution is 7.89. The second-order valence-corrected chi connectivity index (χ2v) is 8.41. The fourth-order valence-electron chi connectivity index (χ4n) is 3.07. The summed E-state index contributed by atoms with van der Waals surface area (Å²) in [6, 6.07) is 7.12. The second-order valence-electron chi connectivity index (χ2n) is 6.53. The van der Waals surface area contributed by atoms with Gasteiger partial charge in [0.2, 0.25) is 5.91 Å². The van der Waals surface area contributed by atoms with Gasteiger partial charge in [-0.2, -0.15) is 4.31 Å². The van der Waals surface area contributed by atoms with Crippen molar-refractivity contribution in [3.05, 3.63) is 36.8 Å². The number of sulfonamides is 1. The van der Waals surface area contributed by atoms with E-state index >= 15 is 0 Å². The molecule has 0 spiro atoms. The van der Waals surface area contributed by atoms with Crippen molar-refractivity contribution in [2.45, 2.75) is 24.8 Å². The van der Waals surface area contributed by atoms with Gasteiger partial charge in [0.15, 0.2) is 5.03 Å². The predicted molar refractivity (Wildman–Crippen MR) is 101 cm³/mol. The minimum Gasteiger partial charge on any atom is -0.494 e. The average Bonchev–Trinajstić information content (AvgIpc) is 3.11. The number of aromatic nitrogens is 2. The molecule has 27 heavy (non-hydrogen) atoms. The summed E-state index contributed by atoms with van der Waals surface area (Å²) in [5.41, 5.74) is 0.660. The van der Waals surface area contributed by atoms with Crippen LogP contribution in [0, 0.1) is 5.92 Å². The molecule has 1 fully saturated rings. The summed E-state index contributed by atoms with van der Waals surface area (Å²) in [6.45, 7) is 3.03. The van der Waals surface area contributed by atoms with Crippen molar-refractivity contribution >= 4 is 21.6 Å². The van der Waals surface area contributed by atoms with Gasteiger partial charge in [-0.25, -0.2) is 13.4 Å². The van der Waals surface area contributed by atoms with E-state index in [0.29, 0.717) is 31.7 Å². The maximum atomic E-state index is 12.7. The number of hydrogen-bond acceptors (Lipinski definition) is 5. The highest BCUT2D eigenvalue weighted by Gasteiger charge is 2.34. The number of nitrogens with zero attached hydrogens (tertiary/aromatic N) is 3. The van der Waals surface area contributed by atoms with Gasteiger partial charge in [0.25, 0.3) is 10.0 Å². The van der Waals surface area contributed by atoms with Gasteiger partial charge in [-0.3, -0.25) is 4.79 Å². The van der Waals surface area contributed by atoms with E-state index in [0.717, 1.165) is 5.75 Å². The Kier molecular flexibility index (Phi) is 5.81. The molecule has 1 aliphatic heterocycles. The minimum absolute atomic E-state index is 0.0116. The van der Waals surface area contributed by atoms with Crippen LogP contribution >= 0.6 is 0 Å². The normalized spacial score (nSPS) is 18.2. The fraction of sp³-hybridized carbons (Fsp3) is 0.444. The van der Waals surface area contributed by atoms with Crippen LogP contribution < -0.4 is 10.1 Å². The average molecular weight is 392 g/mol. The molecule has 1 N–H and O–H groups in total. The molecule has 1 saturated heterocycles.